The number of hydrogen-bond donors (Lipinski definition) is 0. The normalized spacial score (nSPS) is 11.4. The van der Waals surface area contributed by atoms with Gasteiger partial charge in [0.1, 0.15) is 0 Å². The minimum atomic E-state index is 0.0291. The molecule has 2 aromatic carbocycles. The maximum atomic E-state index is 12.2. The number of benzene rings is 2. The first-order valence-corrected chi connectivity index (χ1v) is 7.33. The monoisotopic (exact) mass is 288 g/mol. The minimum Gasteiger partial charge on any atom is -0.342 e. The standard InChI is InChI=1S/C19H16N2O/c1-13(22)21-17-10-6-4-8-15(17)12-19(21)18-11-14-7-3-5-9-16(14)20(18)2/h3-12H,1-2H3. The molecule has 0 aliphatic carbocycles. The van der Waals surface area contributed by atoms with Crippen LogP contribution in [-0.4, -0.2) is 15.0 Å². The van der Waals surface area contributed by atoms with Crippen molar-refractivity contribution in [2.24, 2.45) is 7.05 Å². The van der Waals surface area contributed by atoms with Crippen LogP contribution in [0.15, 0.2) is 60.7 Å². The molecule has 2 aromatic heterocycles. The van der Waals surface area contributed by atoms with E-state index < -0.39 is 0 Å². The van der Waals surface area contributed by atoms with E-state index in [4.69, 9.17) is 0 Å². The van der Waals surface area contributed by atoms with Gasteiger partial charge in [-0.25, -0.2) is 0 Å². The molecule has 0 saturated carbocycles. The van der Waals surface area contributed by atoms with E-state index in [1.807, 2.05) is 43.4 Å². The number of carbonyl (C=O) groups is 1. The summed E-state index contributed by atoms with van der Waals surface area (Å²) in [4.78, 5) is 12.2. The molecule has 0 aliphatic heterocycles. The van der Waals surface area contributed by atoms with E-state index in [0.717, 1.165) is 27.8 Å². The third-order valence-electron chi connectivity index (χ3n) is 4.24. The molecule has 0 saturated heterocycles. The molecule has 0 spiro atoms. The van der Waals surface area contributed by atoms with Gasteiger partial charge in [0, 0.05) is 30.3 Å². The molecule has 0 bridgehead atoms. The average molecular weight is 288 g/mol. The van der Waals surface area contributed by atoms with Crippen molar-refractivity contribution in [1.82, 2.24) is 9.13 Å². The van der Waals surface area contributed by atoms with Crippen molar-refractivity contribution in [3.8, 4) is 11.4 Å². The maximum Gasteiger partial charge on any atom is 0.228 e. The lowest BCUT2D eigenvalue weighted by Gasteiger charge is -2.08. The summed E-state index contributed by atoms with van der Waals surface area (Å²) in [6.45, 7) is 1.61. The smallest absolute Gasteiger partial charge is 0.228 e. The Morgan fingerprint density at radius 1 is 0.818 bits per heavy atom. The van der Waals surface area contributed by atoms with Crippen molar-refractivity contribution in [2.45, 2.75) is 6.92 Å². The van der Waals surface area contributed by atoms with Crippen LogP contribution in [0.3, 0.4) is 0 Å². The molecule has 0 aliphatic rings. The van der Waals surface area contributed by atoms with Crippen LogP contribution in [0.2, 0.25) is 0 Å². The lowest BCUT2D eigenvalue weighted by Crippen LogP contribution is -2.08. The fourth-order valence-corrected chi connectivity index (χ4v) is 3.22. The summed E-state index contributed by atoms with van der Waals surface area (Å²) < 4.78 is 3.94. The predicted molar refractivity (Wildman–Crippen MR) is 90.2 cm³/mol. The summed E-state index contributed by atoms with van der Waals surface area (Å²) >= 11 is 0. The first kappa shape index (κ1) is 12.9. The number of rotatable bonds is 1. The van der Waals surface area contributed by atoms with Crippen LogP contribution in [-0.2, 0) is 7.05 Å². The van der Waals surface area contributed by atoms with E-state index in [-0.39, 0.29) is 5.91 Å². The Morgan fingerprint density at radius 2 is 1.36 bits per heavy atom. The van der Waals surface area contributed by atoms with Gasteiger partial charge >= 0.3 is 0 Å². The highest BCUT2D eigenvalue weighted by Gasteiger charge is 2.16. The molecule has 3 nitrogen and oxygen atoms in total. The number of hydrogen-bond acceptors (Lipinski definition) is 1. The number of fused-ring (bicyclic) bond motifs is 2. The van der Waals surface area contributed by atoms with E-state index in [9.17, 15) is 4.79 Å². The maximum absolute atomic E-state index is 12.2. The molecule has 0 amide bonds. The molecular formula is C19H16N2O. The Hall–Kier alpha value is -2.81. The highest BCUT2D eigenvalue weighted by atomic mass is 16.1. The quantitative estimate of drug-likeness (QED) is 0.508. The zero-order valence-electron chi connectivity index (χ0n) is 12.6. The predicted octanol–water partition coefficient (Wildman–Crippen LogP) is 4.46. The largest absolute Gasteiger partial charge is 0.342 e. The van der Waals surface area contributed by atoms with Crippen LogP contribution < -0.4 is 0 Å². The van der Waals surface area contributed by atoms with Crippen molar-refractivity contribution < 1.29 is 4.79 Å². The van der Waals surface area contributed by atoms with Gasteiger partial charge in [0.2, 0.25) is 5.91 Å². The molecule has 0 N–H and O–H groups in total. The van der Waals surface area contributed by atoms with Gasteiger partial charge in [-0.05, 0) is 24.3 Å². The van der Waals surface area contributed by atoms with Crippen molar-refractivity contribution in [1.29, 1.82) is 0 Å². The van der Waals surface area contributed by atoms with E-state index in [0.29, 0.717) is 0 Å². The van der Waals surface area contributed by atoms with Crippen LogP contribution in [0.1, 0.15) is 11.7 Å². The van der Waals surface area contributed by atoms with Crippen molar-refractivity contribution in [3.63, 3.8) is 0 Å². The second-order valence-corrected chi connectivity index (χ2v) is 5.59. The summed E-state index contributed by atoms with van der Waals surface area (Å²) in [6, 6.07) is 20.5. The average Bonchev–Trinajstić information content (AvgIpc) is 3.06. The van der Waals surface area contributed by atoms with Gasteiger partial charge in [0.05, 0.1) is 16.9 Å². The van der Waals surface area contributed by atoms with Crippen LogP contribution in [0.25, 0.3) is 33.2 Å². The van der Waals surface area contributed by atoms with Crippen LogP contribution in [0.5, 0.6) is 0 Å². The molecule has 0 unspecified atom stereocenters. The van der Waals surface area contributed by atoms with Crippen molar-refractivity contribution >= 4 is 27.7 Å². The molecule has 22 heavy (non-hydrogen) atoms. The number of aromatic nitrogens is 2. The SMILES string of the molecule is CC(=O)n1c(-c2cc3ccccc3n2C)cc2ccccc21. The minimum absolute atomic E-state index is 0.0291. The number of aryl methyl sites for hydroxylation is 1. The Kier molecular flexibility index (Phi) is 2.70. The number of para-hydroxylation sites is 2. The molecule has 2 heterocycles. The van der Waals surface area contributed by atoms with Gasteiger partial charge in [-0.2, -0.15) is 0 Å². The molecule has 4 aromatic rings. The van der Waals surface area contributed by atoms with Gasteiger partial charge in [0.25, 0.3) is 0 Å². The molecule has 0 radical (unpaired) electrons. The summed E-state index contributed by atoms with van der Waals surface area (Å²) in [7, 11) is 2.04. The zero-order valence-corrected chi connectivity index (χ0v) is 12.6. The topological polar surface area (TPSA) is 26.9 Å². The van der Waals surface area contributed by atoms with Gasteiger partial charge < -0.3 is 4.57 Å². The van der Waals surface area contributed by atoms with Crippen LogP contribution in [0.4, 0.5) is 0 Å². The Balaban J connectivity index is 2.10. The number of carbonyl (C=O) groups excluding carboxylic acids is 1. The highest BCUT2D eigenvalue weighted by Crippen LogP contribution is 2.31. The fraction of sp³-hybridized carbons (Fsp3) is 0.105. The second-order valence-electron chi connectivity index (χ2n) is 5.59. The molecule has 3 heteroatoms. The van der Waals surface area contributed by atoms with Gasteiger partial charge in [-0.1, -0.05) is 36.4 Å². The van der Waals surface area contributed by atoms with E-state index in [1.54, 1.807) is 11.5 Å². The highest BCUT2D eigenvalue weighted by molar-refractivity contribution is 5.99. The van der Waals surface area contributed by atoms with Gasteiger partial charge in [-0.3, -0.25) is 9.36 Å². The molecule has 108 valence electrons. The van der Waals surface area contributed by atoms with Crippen LogP contribution >= 0.6 is 0 Å². The first-order chi connectivity index (χ1) is 10.7. The first-order valence-electron chi connectivity index (χ1n) is 7.33. The fourth-order valence-electron chi connectivity index (χ4n) is 3.22. The van der Waals surface area contributed by atoms with E-state index in [2.05, 4.69) is 28.8 Å². The third-order valence-corrected chi connectivity index (χ3v) is 4.24. The summed E-state index contributed by atoms with van der Waals surface area (Å²) in [5.41, 5.74) is 4.10. The Morgan fingerprint density at radius 3 is 2.00 bits per heavy atom. The van der Waals surface area contributed by atoms with Gasteiger partial charge in [0.15, 0.2) is 0 Å². The molecule has 4 rings (SSSR count). The number of nitrogens with zero attached hydrogens (tertiary/aromatic N) is 2. The van der Waals surface area contributed by atoms with Crippen molar-refractivity contribution in [2.75, 3.05) is 0 Å². The second kappa shape index (κ2) is 4.60. The summed E-state index contributed by atoms with van der Waals surface area (Å²) in [5.74, 6) is 0.0291. The van der Waals surface area contributed by atoms with Gasteiger partial charge in [-0.15, -0.1) is 0 Å². The Bertz CT molecular complexity index is 1020. The third kappa shape index (κ3) is 1.72. The summed E-state index contributed by atoms with van der Waals surface area (Å²) in [5, 5.41) is 2.26. The molecule has 0 fully saturated rings. The lowest BCUT2D eigenvalue weighted by atomic mass is 10.2. The van der Waals surface area contributed by atoms with Crippen molar-refractivity contribution in [3.05, 3.63) is 60.7 Å². The van der Waals surface area contributed by atoms with Crippen LogP contribution in [0, 0.1) is 0 Å². The molecular weight excluding hydrogens is 272 g/mol. The lowest BCUT2D eigenvalue weighted by molar-refractivity contribution is 0.0943. The molecule has 0 atom stereocenters. The van der Waals surface area contributed by atoms with E-state index in [1.165, 1.54) is 5.39 Å². The summed E-state index contributed by atoms with van der Waals surface area (Å²) in [6.07, 6.45) is 0. The zero-order chi connectivity index (χ0) is 15.3. The van der Waals surface area contributed by atoms with E-state index >= 15 is 0 Å². The Labute approximate surface area is 128 Å².